The highest BCUT2D eigenvalue weighted by Gasteiger charge is 2.35. The number of benzene rings is 6. The zero-order valence-electron chi connectivity index (χ0n) is 26.6. The molecule has 5 heteroatoms. The average molecular weight is 635 g/mol. The first-order valence-electron chi connectivity index (χ1n) is 15.9. The zero-order valence-corrected chi connectivity index (χ0v) is 27.4. The molecule has 0 saturated carbocycles. The van der Waals surface area contributed by atoms with Gasteiger partial charge in [-0.1, -0.05) is 153 Å². The molecule has 7 aromatic rings. The minimum Gasteiger partial charge on any atom is -0.208 e. The van der Waals surface area contributed by atoms with Crippen molar-refractivity contribution in [2.75, 3.05) is 0 Å². The second-order valence-electron chi connectivity index (χ2n) is 12.4. The summed E-state index contributed by atoms with van der Waals surface area (Å²) in [6.45, 7) is 4.51. The molecular formula is C43H30N4S. The molecule has 0 atom stereocenters. The van der Waals surface area contributed by atoms with Gasteiger partial charge in [0.1, 0.15) is 0 Å². The van der Waals surface area contributed by atoms with Crippen molar-refractivity contribution in [3.05, 3.63) is 162 Å². The lowest BCUT2D eigenvalue weighted by molar-refractivity contribution is 0.607. The predicted octanol–water partition coefficient (Wildman–Crippen LogP) is 10.9. The minimum atomic E-state index is -0.239. The van der Waals surface area contributed by atoms with Gasteiger partial charge in [0.2, 0.25) is 0 Å². The third-order valence-corrected chi connectivity index (χ3v) is 10.3. The van der Waals surface area contributed by atoms with Crippen LogP contribution >= 0.6 is 11.8 Å². The zero-order chi connectivity index (χ0) is 32.7. The number of nitriles is 1. The van der Waals surface area contributed by atoms with E-state index in [1.165, 1.54) is 20.9 Å². The van der Waals surface area contributed by atoms with Crippen molar-refractivity contribution in [1.29, 1.82) is 5.26 Å². The van der Waals surface area contributed by atoms with E-state index in [1.54, 1.807) is 11.8 Å². The molecule has 0 saturated heterocycles. The third kappa shape index (κ3) is 5.27. The molecule has 1 aromatic heterocycles. The van der Waals surface area contributed by atoms with E-state index in [0.29, 0.717) is 23.0 Å². The summed E-state index contributed by atoms with van der Waals surface area (Å²) in [5, 5.41) is 10.1. The highest BCUT2D eigenvalue weighted by Crippen LogP contribution is 2.53. The smallest absolute Gasteiger partial charge is 0.164 e. The molecule has 0 unspecified atom stereocenters. The molecule has 8 rings (SSSR count). The topological polar surface area (TPSA) is 62.5 Å². The number of rotatable bonds is 5. The first-order chi connectivity index (χ1) is 23.5. The largest absolute Gasteiger partial charge is 0.208 e. The molecule has 0 fully saturated rings. The fourth-order valence-corrected chi connectivity index (χ4v) is 8.00. The Morgan fingerprint density at radius 2 is 1.00 bits per heavy atom. The van der Waals surface area contributed by atoms with E-state index in [0.717, 1.165) is 38.9 Å². The molecule has 6 aromatic carbocycles. The molecule has 0 radical (unpaired) electrons. The van der Waals surface area contributed by atoms with E-state index in [1.807, 2.05) is 66.7 Å². The monoisotopic (exact) mass is 634 g/mol. The Morgan fingerprint density at radius 3 is 1.60 bits per heavy atom. The Kier molecular flexibility index (Phi) is 7.44. The number of hydrogen-bond acceptors (Lipinski definition) is 5. The van der Waals surface area contributed by atoms with Gasteiger partial charge in [0.05, 0.1) is 11.6 Å². The molecule has 1 aliphatic heterocycles. The van der Waals surface area contributed by atoms with Crippen LogP contribution in [-0.4, -0.2) is 15.0 Å². The first-order valence-corrected chi connectivity index (χ1v) is 16.7. The molecule has 0 amide bonds. The van der Waals surface area contributed by atoms with Gasteiger partial charge in [0, 0.05) is 31.9 Å². The lowest BCUT2D eigenvalue weighted by Gasteiger charge is -2.36. The summed E-state index contributed by atoms with van der Waals surface area (Å²) in [6.07, 6.45) is 0. The molecule has 2 heterocycles. The summed E-state index contributed by atoms with van der Waals surface area (Å²) in [5.74, 6) is 1.90. The van der Waals surface area contributed by atoms with Gasteiger partial charge in [0.25, 0.3) is 0 Å². The number of hydrogen-bond donors (Lipinski definition) is 0. The highest BCUT2D eigenvalue weighted by atomic mass is 32.2. The van der Waals surface area contributed by atoms with Crippen LogP contribution in [0.15, 0.2) is 155 Å². The van der Waals surface area contributed by atoms with Crippen LogP contribution in [0.4, 0.5) is 0 Å². The summed E-state index contributed by atoms with van der Waals surface area (Å²) in [7, 11) is 0. The fraction of sp³-hybridized carbons (Fsp3) is 0.0698. The quantitative estimate of drug-likeness (QED) is 0.188. The summed E-state index contributed by atoms with van der Waals surface area (Å²) in [6, 6.07) is 52.1. The Balaban J connectivity index is 1.23. The maximum atomic E-state index is 10.1. The summed E-state index contributed by atoms with van der Waals surface area (Å²) in [5.41, 5.74) is 10.0. The van der Waals surface area contributed by atoms with E-state index in [4.69, 9.17) is 15.0 Å². The van der Waals surface area contributed by atoms with Gasteiger partial charge in [-0.25, -0.2) is 15.0 Å². The van der Waals surface area contributed by atoms with E-state index in [2.05, 4.69) is 98.8 Å². The lowest BCUT2D eigenvalue weighted by Crippen LogP contribution is -2.24. The first kappa shape index (κ1) is 29.6. The van der Waals surface area contributed by atoms with Gasteiger partial charge in [-0.05, 0) is 51.6 Å². The number of nitrogens with zero attached hydrogens (tertiary/aromatic N) is 4. The maximum Gasteiger partial charge on any atom is 0.164 e. The molecule has 48 heavy (non-hydrogen) atoms. The van der Waals surface area contributed by atoms with Crippen LogP contribution in [0.1, 0.15) is 30.5 Å². The third-order valence-electron chi connectivity index (χ3n) is 9.03. The van der Waals surface area contributed by atoms with Gasteiger partial charge < -0.3 is 0 Å². The van der Waals surface area contributed by atoms with Crippen LogP contribution in [0.25, 0.3) is 56.4 Å². The number of aromatic nitrogens is 3. The highest BCUT2D eigenvalue weighted by molar-refractivity contribution is 7.99. The van der Waals surface area contributed by atoms with Crippen molar-refractivity contribution in [2.24, 2.45) is 0 Å². The Hall–Kier alpha value is -5.83. The Bertz CT molecular complexity index is 2280. The average Bonchev–Trinajstić information content (AvgIpc) is 3.15. The van der Waals surface area contributed by atoms with Gasteiger partial charge >= 0.3 is 0 Å². The predicted molar refractivity (Wildman–Crippen MR) is 194 cm³/mol. The van der Waals surface area contributed by atoms with E-state index in [9.17, 15) is 5.26 Å². The van der Waals surface area contributed by atoms with E-state index in [-0.39, 0.29) is 5.41 Å². The standard InChI is InChI=1S/C43H30N4S/c1-43(2)36-19-11-12-20-38(36)48-39-35(25-28(27-44)26-37(39)43)34-18-10-9-17-33(34)29-21-23-32(24-22-29)42-46-40(30-13-5-3-6-14-30)45-41(47-42)31-15-7-4-8-16-31/h3-26H,1-2H3. The minimum absolute atomic E-state index is 0.239. The lowest BCUT2D eigenvalue weighted by atomic mass is 9.76. The van der Waals surface area contributed by atoms with Crippen molar-refractivity contribution >= 4 is 11.8 Å². The number of fused-ring (bicyclic) bond motifs is 2. The summed E-state index contributed by atoms with van der Waals surface area (Å²) >= 11 is 1.80. The van der Waals surface area contributed by atoms with Gasteiger partial charge in [0.15, 0.2) is 17.5 Å². The van der Waals surface area contributed by atoms with Crippen LogP contribution < -0.4 is 0 Å². The van der Waals surface area contributed by atoms with Crippen LogP contribution in [0.5, 0.6) is 0 Å². The van der Waals surface area contributed by atoms with Gasteiger partial charge in [-0.15, -0.1) is 0 Å². The Labute approximate surface area is 284 Å². The molecule has 0 aliphatic carbocycles. The normalized spacial score (nSPS) is 12.9. The van der Waals surface area contributed by atoms with Crippen LogP contribution in [-0.2, 0) is 5.41 Å². The molecule has 228 valence electrons. The molecule has 1 aliphatic rings. The fourth-order valence-electron chi connectivity index (χ4n) is 6.50. The molecule has 0 bridgehead atoms. The van der Waals surface area contributed by atoms with Crippen molar-refractivity contribution in [3.63, 3.8) is 0 Å². The Morgan fingerprint density at radius 1 is 0.500 bits per heavy atom. The molecule has 0 N–H and O–H groups in total. The van der Waals surface area contributed by atoms with Crippen molar-refractivity contribution < 1.29 is 0 Å². The SMILES string of the molecule is CC1(C)c2ccccc2Sc2c(-c3ccccc3-c3ccc(-c4nc(-c5ccccc5)nc(-c5ccccc5)n4)cc3)cc(C#N)cc21. The van der Waals surface area contributed by atoms with E-state index < -0.39 is 0 Å². The molecule has 0 spiro atoms. The van der Waals surface area contributed by atoms with Crippen molar-refractivity contribution in [3.8, 4) is 62.5 Å². The van der Waals surface area contributed by atoms with Crippen LogP contribution in [0, 0.1) is 11.3 Å². The van der Waals surface area contributed by atoms with Crippen molar-refractivity contribution in [2.45, 2.75) is 29.1 Å². The van der Waals surface area contributed by atoms with Crippen LogP contribution in [0.3, 0.4) is 0 Å². The van der Waals surface area contributed by atoms with Crippen molar-refractivity contribution in [1.82, 2.24) is 15.0 Å². The van der Waals surface area contributed by atoms with E-state index >= 15 is 0 Å². The maximum absolute atomic E-state index is 10.1. The molecule has 4 nitrogen and oxygen atoms in total. The van der Waals surface area contributed by atoms with Gasteiger partial charge in [-0.3, -0.25) is 0 Å². The second kappa shape index (κ2) is 12.1. The summed E-state index contributed by atoms with van der Waals surface area (Å²) in [4.78, 5) is 17.1. The van der Waals surface area contributed by atoms with Crippen LogP contribution in [0.2, 0.25) is 0 Å². The summed E-state index contributed by atoms with van der Waals surface area (Å²) < 4.78 is 0. The van der Waals surface area contributed by atoms with Gasteiger partial charge in [-0.2, -0.15) is 5.26 Å². The second-order valence-corrected chi connectivity index (χ2v) is 13.4. The molecular weight excluding hydrogens is 605 g/mol.